The number of hydrogen-bond donors (Lipinski definition) is 0. The Morgan fingerprint density at radius 3 is 2.35 bits per heavy atom. The Labute approximate surface area is 121 Å². The Hall–Kier alpha value is -1.06. The highest BCUT2D eigenvalue weighted by Gasteiger charge is 2.61. The van der Waals surface area contributed by atoms with Crippen LogP contribution in [0.4, 0.5) is 0 Å². The molecule has 2 aliphatic rings. The maximum atomic E-state index is 12.0. The fourth-order valence-electron chi connectivity index (χ4n) is 4.17. The molecule has 2 fully saturated rings. The molecular formula is C16H27NO3. The number of carbonyl (C=O) groups is 2. The van der Waals surface area contributed by atoms with Gasteiger partial charge in [0.25, 0.3) is 0 Å². The minimum absolute atomic E-state index is 0.00397. The van der Waals surface area contributed by atoms with E-state index in [1.165, 1.54) is 11.3 Å². The van der Waals surface area contributed by atoms with Crippen molar-refractivity contribution in [3.8, 4) is 0 Å². The smallest absolute Gasteiger partial charge is 0.306 e. The molecule has 4 nitrogen and oxygen atoms in total. The van der Waals surface area contributed by atoms with Crippen LogP contribution in [0.2, 0.25) is 0 Å². The van der Waals surface area contributed by atoms with Gasteiger partial charge in [-0.05, 0) is 25.2 Å². The Kier molecular flexibility index (Phi) is 3.87. The van der Waals surface area contributed by atoms with E-state index < -0.39 is 0 Å². The minimum atomic E-state index is -0.230. The van der Waals surface area contributed by atoms with Crippen LogP contribution < -0.4 is 0 Å². The summed E-state index contributed by atoms with van der Waals surface area (Å²) in [6, 6.07) is 0. The Morgan fingerprint density at radius 1 is 1.20 bits per heavy atom. The van der Waals surface area contributed by atoms with Crippen molar-refractivity contribution in [2.24, 2.45) is 16.7 Å². The van der Waals surface area contributed by atoms with Gasteiger partial charge in [-0.15, -0.1) is 0 Å². The summed E-state index contributed by atoms with van der Waals surface area (Å²) in [6.07, 6.45) is 3.97. The molecule has 2 bridgehead atoms. The van der Waals surface area contributed by atoms with Crippen molar-refractivity contribution in [2.45, 2.75) is 59.0 Å². The molecule has 0 spiro atoms. The molecule has 0 aromatic carbocycles. The molecule has 2 unspecified atom stereocenters. The third-order valence-corrected chi connectivity index (χ3v) is 5.43. The van der Waals surface area contributed by atoms with E-state index in [2.05, 4.69) is 20.8 Å². The molecule has 114 valence electrons. The summed E-state index contributed by atoms with van der Waals surface area (Å²) in [4.78, 5) is 25.1. The highest BCUT2D eigenvalue weighted by Crippen LogP contribution is 2.63. The third kappa shape index (κ3) is 2.57. The van der Waals surface area contributed by atoms with Crippen molar-refractivity contribution in [1.29, 1.82) is 0 Å². The molecule has 20 heavy (non-hydrogen) atoms. The second kappa shape index (κ2) is 5.05. The Morgan fingerprint density at radius 2 is 1.85 bits per heavy atom. The molecule has 4 heteroatoms. The van der Waals surface area contributed by atoms with Crippen LogP contribution in [0.1, 0.15) is 52.9 Å². The monoisotopic (exact) mass is 281 g/mol. The topological polar surface area (TPSA) is 46.6 Å². The number of amides is 1. The normalized spacial score (nSPS) is 34.0. The summed E-state index contributed by atoms with van der Waals surface area (Å²) in [5.41, 5.74) is 0.198. The summed E-state index contributed by atoms with van der Waals surface area (Å²) >= 11 is 0. The van der Waals surface area contributed by atoms with Gasteiger partial charge < -0.3 is 9.64 Å². The maximum Gasteiger partial charge on any atom is 0.306 e. The van der Waals surface area contributed by atoms with Crippen LogP contribution in [-0.4, -0.2) is 37.0 Å². The first-order chi connectivity index (χ1) is 9.17. The highest BCUT2D eigenvalue weighted by atomic mass is 16.5. The SMILES string of the molecule is CN(C)C(=O)CCC(=O)O[C@@H]1C2(C)CCC(C2)C1(C)C. The van der Waals surface area contributed by atoms with Gasteiger partial charge in [0.1, 0.15) is 6.10 Å². The molecule has 2 aliphatic carbocycles. The lowest BCUT2D eigenvalue weighted by molar-refractivity contribution is -0.165. The van der Waals surface area contributed by atoms with E-state index in [-0.39, 0.29) is 41.7 Å². The van der Waals surface area contributed by atoms with Crippen molar-refractivity contribution >= 4 is 11.9 Å². The highest BCUT2D eigenvalue weighted by molar-refractivity contribution is 5.81. The van der Waals surface area contributed by atoms with Gasteiger partial charge >= 0.3 is 5.97 Å². The van der Waals surface area contributed by atoms with E-state index in [1.54, 1.807) is 14.1 Å². The lowest BCUT2D eigenvalue weighted by Gasteiger charge is -2.41. The molecular weight excluding hydrogens is 254 g/mol. The first-order valence-corrected chi connectivity index (χ1v) is 7.56. The van der Waals surface area contributed by atoms with Gasteiger partial charge in [-0.25, -0.2) is 0 Å². The largest absolute Gasteiger partial charge is 0.461 e. The standard InChI is InChI=1S/C16H27NO3/c1-15(2)11-8-9-16(3,10-11)14(15)20-13(19)7-6-12(18)17(4)5/h11,14H,6-10H2,1-5H3/t11?,14-,16?/m0/s1. The Balaban J connectivity index is 1.93. The molecule has 0 radical (unpaired) electrons. The zero-order chi connectivity index (χ0) is 15.1. The molecule has 0 N–H and O–H groups in total. The summed E-state index contributed by atoms with van der Waals surface area (Å²) < 4.78 is 5.78. The van der Waals surface area contributed by atoms with Gasteiger partial charge in [-0.1, -0.05) is 20.8 Å². The summed E-state index contributed by atoms with van der Waals surface area (Å²) in [7, 11) is 3.40. The second-order valence-corrected chi connectivity index (χ2v) is 7.57. The summed E-state index contributed by atoms with van der Waals surface area (Å²) in [6.45, 7) is 6.67. The van der Waals surface area contributed by atoms with Crippen LogP contribution in [0, 0.1) is 16.7 Å². The molecule has 0 aromatic heterocycles. The number of esters is 1. The lowest BCUT2D eigenvalue weighted by Crippen LogP contribution is -2.43. The fraction of sp³-hybridized carbons (Fsp3) is 0.875. The third-order valence-electron chi connectivity index (χ3n) is 5.43. The van der Waals surface area contributed by atoms with Gasteiger partial charge in [0.2, 0.25) is 5.91 Å². The maximum absolute atomic E-state index is 12.0. The summed E-state index contributed by atoms with van der Waals surface area (Å²) in [5, 5.41) is 0. The van der Waals surface area contributed by atoms with Crippen LogP contribution in [-0.2, 0) is 14.3 Å². The molecule has 3 atom stereocenters. The fourth-order valence-corrected chi connectivity index (χ4v) is 4.17. The van der Waals surface area contributed by atoms with Crippen molar-refractivity contribution in [3.05, 3.63) is 0 Å². The average molecular weight is 281 g/mol. The van der Waals surface area contributed by atoms with Crippen molar-refractivity contribution in [3.63, 3.8) is 0 Å². The predicted molar refractivity (Wildman–Crippen MR) is 77.0 cm³/mol. The molecule has 0 aromatic rings. The van der Waals surface area contributed by atoms with E-state index in [9.17, 15) is 9.59 Å². The quantitative estimate of drug-likeness (QED) is 0.744. The summed E-state index contributed by atoms with van der Waals surface area (Å²) in [5.74, 6) is 0.404. The van der Waals surface area contributed by atoms with Crippen molar-refractivity contribution in [2.75, 3.05) is 14.1 Å². The van der Waals surface area contributed by atoms with Crippen LogP contribution in [0.15, 0.2) is 0 Å². The number of nitrogens with zero attached hydrogens (tertiary/aromatic N) is 1. The van der Waals surface area contributed by atoms with Crippen molar-refractivity contribution in [1.82, 2.24) is 4.90 Å². The van der Waals surface area contributed by atoms with E-state index >= 15 is 0 Å². The molecule has 0 saturated heterocycles. The first kappa shape index (κ1) is 15.3. The minimum Gasteiger partial charge on any atom is -0.461 e. The molecule has 0 heterocycles. The predicted octanol–water partition coefficient (Wildman–Crippen LogP) is 2.61. The van der Waals surface area contributed by atoms with Crippen molar-refractivity contribution < 1.29 is 14.3 Å². The Bertz CT molecular complexity index is 411. The van der Waals surface area contributed by atoms with Gasteiger partial charge in [-0.3, -0.25) is 9.59 Å². The lowest BCUT2D eigenvalue weighted by atomic mass is 9.70. The number of fused-ring (bicyclic) bond motifs is 2. The van der Waals surface area contributed by atoms with Gasteiger partial charge in [-0.2, -0.15) is 0 Å². The van der Waals surface area contributed by atoms with Gasteiger partial charge in [0.15, 0.2) is 0 Å². The van der Waals surface area contributed by atoms with Crippen LogP contribution >= 0.6 is 0 Å². The molecule has 2 rings (SSSR count). The van der Waals surface area contributed by atoms with Gasteiger partial charge in [0.05, 0.1) is 6.42 Å². The first-order valence-electron chi connectivity index (χ1n) is 7.56. The molecule has 1 amide bonds. The zero-order valence-corrected chi connectivity index (χ0v) is 13.4. The molecule has 2 saturated carbocycles. The van der Waals surface area contributed by atoms with Crippen LogP contribution in [0.5, 0.6) is 0 Å². The van der Waals surface area contributed by atoms with E-state index in [4.69, 9.17) is 4.74 Å². The second-order valence-electron chi connectivity index (χ2n) is 7.57. The van der Waals surface area contributed by atoms with Crippen LogP contribution in [0.25, 0.3) is 0 Å². The van der Waals surface area contributed by atoms with E-state index in [0.717, 1.165) is 12.8 Å². The van der Waals surface area contributed by atoms with Crippen LogP contribution in [0.3, 0.4) is 0 Å². The van der Waals surface area contributed by atoms with E-state index in [1.807, 2.05) is 0 Å². The van der Waals surface area contributed by atoms with E-state index in [0.29, 0.717) is 5.92 Å². The number of carbonyl (C=O) groups excluding carboxylic acids is 2. The zero-order valence-electron chi connectivity index (χ0n) is 13.4. The van der Waals surface area contributed by atoms with Gasteiger partial charge in [0, 0.05) is 31.3 Å². The number of ether oxygens (including phenoxy) is 1. The number of rotatable bonds is 4. The average Bonchev–Trinajstić information content (AvgIpc) is 2.82. The number of hydrogen-bond acceptors (Lipinski definition) is 3. The molecule has 0 aliphatic heterocycles.